The van der Waals surface area contributed by atoms with Crippen molar-refractivity contribution < 1.29 is 22.3 Å². The standard InChI is InChI=1S/C12H17F2NO3S/c1-2-3-6-15(7-8-16)19(17,18)10-4-5-11(13)12(14)9-10/h4-5,9,16H,2-3,6-8H2,1H3. The fourth-order valence-corrected chi connectivity index (χ4v) is 3.07. The molecule has 0 aliphatic rings. The summed E-state index contributed by atoms with van der Waals surface area (Å²) in [4.78, 5) is -0.309. The fourth-order valence-electron chi connectivity index (χ4n) is 1.58. The van der Waals surface area contributed by atoms with Gasteiger partial charge in [-0.15, -0.1) is 0 Å². The number of aliphatic hydroxyl groups excluding tert-OH is 1. The van der Waals surface area contributed by atoms with Crippen LogP contribution in [0.15, 0.2) is 23.1 Å². The Morgan fingerprint density at radius 1 is 1.21 bits per heavy atom. The van der Waals surface area contributed by atoms with E-state index >= 15 is 0 Å². The second kappa shape index (κ2) is 6.93. The van der Waals surface area contributed by atoms with Gasteiger partial charge in [-0.3, -0.25) is 0 Å². The van der Waals surface area contributed by atoms with Crippen LogP contribution in [0.2, 0.25) is 0 Å². The lowest BCUT2D eigenvalue weighted by molar-refractivity contribution is 0.252. The molecule has 0 heterocycles. The number of aliphatic hydroxyl groups is 1. The maximum absolute atomic E-state index is 13.1. The smallest absolute Gasteiger partial charge is 0.243 e. The molecule has 0 unspecified atom stereocenters. The van der Waals surface area contributed by atoms with E-state index in [2.05, 4.69) is 0 Å². The Balaban J connectivity index is 3.07. The molecule has 7 heteroatoms. The van der Waals surface area contributed by atoms with E-state index in [-0.39, 0.29) is 24.6 Å². The molecule has 0 atom stereocenters. The van der Waals surface area contributed by atoms with E-state index in [0.717, 1.165) is 22.9 Å². The van der Waals surface area contributed by atoms with Crippen molar-refractivity contribution in [3.63, 3.8) is 0 Å². The van der Waals surface area contributed by atoms with E-state index in [1.54, 1.807) is 0 Å². The monoisotopic (exact) mass is 293 g/mol. The van der Waals surface area contributed by atoms with Crippen molar-refractivity contribution in [1.29, 1.82) is 0 Å². The van der Waals surface area contributed by atoms with Crippen LogP contribution in [0.3, 0.4) is 0 Å². The average molecular weight is 293 g/mol. The molecule has 0 aliphatic heterocycles. The summed E-state index contributed by atoms with van der Waals surface area (Å²) in [5.41, 5.74) is 0. The molecule has 4 nitrogen and oxygen atoms in total. The first-order valence-electron chi connectivity index (χ1n) is 5.99. The molecule has 0 aromatic heterocycles. The van der Waals surface area contributed by atoms with Gasteiger partial charge in [0.1, 0.15) is 0 Å². The quantitative estimate of drug-likeness (QED) is 0.833. The van der Waals surface area contributed by atoms with Crippen molar-refractivity contribution >= 4 is 10.0 Å². The van der Waals surface area contributed by atoms with Gasteiger partial charge in [0, 0.05) is 13.1 Å². The first kappa shape index (κ1) is 16.0. The molecule has 19 heavy (non-hydrogen) atoms. The number of sulfonamides is 1. The molecule has 0 saturated heterocycles. The maximum Gasteiger partial charge on any atom is 0.243 e. The van der Waals surface area contributed by atoms with Crippen LogP contribution in [0.4, 0.5) is 8.78 Å². The Morgan fingerprint density at radius 2 is 1.89 bits per heavy atom. The number of benzene rings is 1. The molecule has 0 spiro atoms. The molecular formula is C12H17F2NO3S. The zero-order valence-electron chi connectivity index (χ0n) is 10.6. The van der Waals surface area contributed by atoms with E-state index < -0.39 is 21.7 Å². The molecule has 0 aliphatic carbocycles. The second-order valence-corrected chi connectivity index (χ2v) is 6.00. The van der Waals surface area contributed by atoms with Crippen LogP contribution in [0.1, 0.15) is 19.8 Å². The Kier molecular flexibility index (Phi) is 5.84. The van der Waals surface area contributed by atoms with Crippen molar-refractivity contribution in [1.82, 2.24) is 4.31 Å². The Morgan fingerprint density at radius 3 is 2.42 bits per heavy atom. The predicted octanol–water partition coefficient (Wildman–Crippen LogP) is 1.75. The van der Waals surface area contributed by atoms with Gasteiger partial charge in [0.25, 0.3) is 0 Å². The molecule has 1 aromatic rings. The minimum atomic E-state index is -3.91. The number of halogens is 2. The summed E-state index contributed by atoms with van der Waals surface area (Å²) in [5, 5.41) is 8.90. The third-order valence-electron chi connectivity index (χ3n) is 2.64. The van der Waals surface area contributed by atoms with Gasteiger partial charge < -0.3 is 5.11 Å². The predicted molar refractivity (Wildman–Crippen MR) is 67.1 cm³/mol. The van der Waals surface area contributed by atoms with Crippen molar-refractivity contribution in [3.8, 4) is 0 Å². The van der Waals surface area contributed by atoms with E-state index in [0.29, 0.717) is 12.5 Å². The summed E-state index contributed by atoms with van der Waals surface area (Å²) in [5.74, 6) is -2.30. The van der Waals surface area contributed by atoms with Crippen LogP contribution in [-0.2, 0) is 10.0 Å². The lowest BCUT2D eigenvalue weighted by Crippen LogP contribution is -2.34. The van der Waals surface area contributed by atoms with E-state index in [9.17, 15) is 17.2 Å². The van der Waals surface area contributed by atoms with Crippen LogP contribution in [0.25, 0.3) is 0 Å². The lowest BCUT2D eigenvalue weighted by Gasteiger charge is -2.21. The molecule has 1 rings (SSSR count). The first-order chi connectivity index (χ1) is 8.93. The Labute approximate surface area is 111 Å². The van der Waals surface area contributed by atoms with Crippen LogP contribution in [0.5, 0.6) is 0 Å². The third-order valence-corrected chi connectivity index (χ3v) is 4.53. The summed E-state index contributed by atoms with van der Waals surface area (Å²) in [6, 6.07) is 2.45. The van der Waals surface area contributed by atoms with Crippen LogP contribution in [0, 0.1) is 11.6 Å². The summed E-state index contributed by atoms with van der Waals surface area (Å²) in [6.45, 7) is 1.74. The van der Waals surface area contributed by atoms with Gasteiger partial charge in [0.15, 0.2) is 11.6 Å². The minimum Gasteiger partial charge on any atom is -0.395 e. The number of nitrogens with zero attached hydrogens (tertiary/aromatic N) is 1. The molecule has 0 fully saturated rings. The van der Waals surface area contributed by atoms with Crippen LogP contribution in [-0.4, -0.2) is 37.5 Å². The molecule has 0 bridgehead atoms. The highest BCUT2D eigenvalue weighted by Crippen LogP contribution is 2.18. The summed E-state index contributed by atoms with van der Waals surface area (Å²) in [6.07, 6.45) is 1.41. The highest BCUT2D eigenvalue weighted by molar-refractivity contribution is 7.89. The third kappa shape index (κ3) is 3.95. The zero-order valence-corrected chi connectivity index (χ0v) is 11.5. The van der Waals surface area contributed by atoms with Gasteiger partial charge in [-0.2, -0.15) is 4.31 Å². The number of unbranched alkanes of at least 4 members (excludes halogenated alkanes) is 1. The topological polar surface area (TPSA) is 57.6 Å². The molecule has 0 radical (unpaired) electrons. The van der Waals surface area contributed by atoms with Crippen molar-refractivity contribution in [3.05, 3.63) is 29.8 Å². The largest absolute Gasteiger partial charge is 0.395 e. The van der Waals surface area contributed by atoms with Gasteiger partial charge in [-0.1, -0.05) is 13.3 Å². The van der Waals surface area contributed by atoms with Crippen molar-refractivity contribution in [2.24, 2.45) is 0 Å². The average Bonchev–Trinajstić information content (AvgIpc) is 2.37. The van der Waals surface area contributed by atoms with Crippen LogP contribution >= 0.6 is 0 Å². The van der Waals surface area contributed by atoms with Gasteiger partial charge >= 0.3 is 0 Å². The summed E-state index contributed by atoms with van der Waals surface area (Å²) >= 11 is 0. The molecule has 0 saturated carbocycles. The molecule has 0 amide bonds. The van der Waals surface area contributed by atoms with Gasteiger partial charge in [0.05, 0.1) is 11.5 Å². The molecule has 108 valence electrons. The van der Waals surface area contributed by atoms with Gasteiger partial charge in [0.2, 0.25) is 10.0 Å². The Hall–Kier alpha value is -1.05. The van der Waals surface area contributed by atoms with E-state index in [1.807, 2.05) is 6.92 Å². The molecule has 1 N–H and O–H groups in total. The SMILES string of the molecule is CCCCN(CCO)S(=O)(=O)c1ccc(F)c(F)c1. The second-order valence-electron chi connectivity index (χ2n) is 4.06. The normalized spacial score (nSPS) is 12.1. The number of hydrogen-bond donors (Lipinski definition) is 1. The number of hydrogen-bond acceptors (Lipinski definition) is 3. The van der Waals surface area contributed by atoms with Gasteiger partial charge in [-0.05, 0) is 24.6 Å². The van der Waals surface area contributed by atoms with E-state index in [4.69, 9.17) is 5.11 Å². The first-order valence-corrected chi connectivity index (χ1v) is 7.43. The molecular weight excluding hydrogens is 276 g/mol. The van der Waals surface area contributed by atoms with Gasteiger partial charge in [-0.25, -0.2) is 17.2 Å². The highest BCUT2D eigenvalue weighted by atomic mass is 32.2. The van der Waals surface area contributed by atoms with Crippen molar-refractivity contribution in [2.75, 3.05) is 19.7 Å². The summed E-state index contributed by atoms with van der Waals surface area (Å²) < 4.78 is 51.4. The molecule has 1 aromatic carbocycles. The zero-order chi connectivity index (χ0) is 14.5. The van der Waals surface area contributed by atoms with Crippen molar-refractivity contribution in [2.45, 2.75) is 24.7 Å². The van der Waals surface area contributed by atoms with E-state index in [1.165, 1.54) is 0 Å². The fraction of sp³-hybridized carbons (Fsp3) is 0.500. The summed E-state index contributed by atoms with van der Waals surface area (Å²) in [7, 11) is -3.91. The maximum atomic E-state index is 13.1. The lowest BCUT2D eigenvalue weighted by atomic mass is 10.3. The minimum absolute atomic E-state index is 0.0681. The highest BCUT2D eigenvalue weighted by Gasteiger charge is 2.24. The Bertz CT molecular complexity index is 520. The number of rotatable bonds is 7. The van der Waals surface area contributed by atoms with Crippen LogP contribution < -0.4 is 0 Å².